The zero-order valence-electron chi connectivity index (χ0n) is 13.5. The number of hydrogen-bond acceptors (Lipinski definition) is 4. The number of nitrogens with zero attached hydrogens (tertiary/aromatic N) is 2. The molecule has 1 aliphatic carbocycles. The molecule has 1 fully saturated rings. The lowest BCUT2D eigenvalue weighted by Gasteiger charge is -2.15. The first kappa shape index (κ1) is 16.4. The zero-order valence-corrected chi connectivity index (χ0v) is 13.5. The SMILES string of the molecule is O=C(NC1CCCCCC1)c1ccc(Nc2ccc(F)cc2)nn1. The van der Waals surface area contributed by atoms with Gasteiger partial charge in [-0.15, -0.1) is 10.2 Å². The Morgan fingerprint density at radius 1 is 0.958 bits per heavy atom. The maximum absolute atomic E-state index is 12.9. The highest BCUT2D eigenvalue weighted by atomic mass is 19.1. The highest BCUT2D eigenvalue weighted by Gasteiger charge is 2.16. The fourth-order valence-electron chi connectivity index (χ4n) is 2.88. The summed E-state index contributed by atoms with van der Waals surface area (Å²) in [6, 6.07) is 9.53. The molecule has 0 radical (unpaired) electrons. The highest BCUT2D eigenvalue weighted by molar-refractivity contribution is 5.92. The standard InChI is InChI=1S/C18H21FN4O/c19-13-7-9-15(10-8-13)20-17-12-11-16(22-23-17)18(24)21-14-5-3-1-2-4-6-14/h7-12,14H,1-6H2,(H,20,23)(H,21,24). The van der Waals surface area contributed by atoms with Crippen molar-refractivity contribution in [1.82, 2.24) is 15.5 Å². The Kier molecular flexibility index (Phi) is 5.36. The quantitative estimate of drug-likeness (QED) is 0.838. The molecule has 0 unspecified atom stereocenters. The van der Waals surface area contributed by atoms with Crippen LogP contribution in [0.25, 0.3) is 0 Å². The molecule has 3 rings (SSSR count). The monoisotopic (exact) mass is 328 g/mol. The predicted molar refractivity (Wildman–Crippen MR) is 90.7 cm³/mol. The molecule has 0 atom stereocenters. The first-order valence-electron chi connectivity index (χ1n) is 8.38. The summed E-state index contributed by atoms with van der Waals surface area (Å²) in [5.41, 5.74) is 1.02. The molecule has 2 aromatic rings. The van der Waals surface area contributed by atoms with Gasteiger partial charge in [0, 0.05) is 11.7 Å². The molecule has 0 spiro atoms. The maximum Gasteiger partial charge on any atom is 0.272 e. The van der Waals surface area contributed by atoms with E-state index in [2.05, 4.69) is 20.8 Å². The maximum atomic E-state index is 12.9. The average molecular weight is 328 g/mol. The molecule has 24 heavy (non-hydrogen) atoms. The van der Waals surface area contributed by atoms with E-state index >= 15 is 0 Å². The van der Waals surface area contributed by atoms with Crippen LogP contribution in [-0.4, -0.2) is 22.1 Å². The number of nitrogens with one attached hydrogen (secondary N) is 2. The molecule has 1 amide bonds. The van der Waals surface area contributed by atoms with E-state index in [9.17, 15) is 9.18 Å². The van der Waals surface area contributed by atoms with E-state index in [1.807, 2.05) is 0 Å². The Morgan fingerprint density at radius 2 is 1.67 bits per heavy atom. The third-order valence-corrected chi connectivity index (χ3v) is 4.20. The fourth-order valence-corrected chi connectivity index (χ4v) is 2.88. The molecule has 1 heterocycles. The van der Waals surface area contributed by atoms with Gasteiger partial charge >= 0.3 is 0 Å². The molecule has 2 N–H and O–H groups in total. The van der Waals surface area contributed by atoms with Crippen LogP contribution in [-0.2, 0) is 0 Å². The number of hydrogen-bond donors (Lipinski definition) is 2. The highest BCUT2D eigenvalue weighted by Crippen LogP contribution is 2.18. The van der Waals surface area contributed by atoms with Gasteiger partial charge in [-0.25, -0.2) is 4.39 Å². The summed E-state index contributed by atoms with van der Waals surface area (Å²) >= 11 is 0. The number of amides is 1. The van der Waals surface area contributed by atoms with Crippen molar-refractivity contribution in [3.63, 3.8) is 0 Å². The number of aromatic nitrogens is 2. The smallest absolute Gasteiger partial charge is 0.272 e. The molecular weight excluding hydrogens is 307 g/mol. The summed E-state index contributed by atoms with van der Waals surface area (Å²) in [6.07, 6.45) is 6.88. The minimum Gasteiger partial charge on any atom is -0.348 e. The van der Waals surface area contributed by atoms with E-state index in [0.29, 0.717) is 17.2 Å². The van der Waals surface area contributed by atoms with Crippen molar-refractivity contribution in [2.24, 2.45) is 0 Å². The fraction of sp³-hybridized carbons (Fsp3) is 0.389. The van der Waals surface area contributed by atoms with Crippen LogP contribution in [0.1, 0.15) is 49.0 Å². The molecule has 1 aromatic carbocycles. The Morgan fingerprint density at radius 3 is 2.29 bits per heavy atom. The number of rotatable bonds is 4. The Hall–Kier alpha value is -2.50. The van der Waals surface area contributed by atoms with E-state index in [-0.39, 0.29) is 17.8 Å². The second-order valence-electron chi connectivity index (χ2n) is 6.10. The van der Waals surface area contributed by atoms with Gasteiger partial charge in [-0.3, -0.25) is 4.79 Å². The average Bonchev–Trinajstić information content (AvgIpc) is 2.86. The van der Waals surface area contributed by atoms with Gasteiger partial charge in [0.15, 0.2) is 11.5 Å². The normalized spacial score (nSPS) is 15.5. The lowest BCUT2D eigenvalue weighted by Crippen LogP contribution is -2.35. The third-order valence-electron chi connectivity index (χ3n) is 4.20. The van der Waals surface area contributed by atoms with Gasteiger partial charge in [0.2, 0.25) is 0 Å². The predicted octanol–water partition coefficient (Wildman–Crippen LogP) is 3.81. The molecule has 126 valence electrons. The van der Waals surface area contributed by atoms with Gasteiger partial charge in [-0.05, 0) is 49.2 Å². The first-order valence-corrected chi connectivity index (χ1v) is 8.38. The molecule has 0 bridgehead atoms. The van der Waals surface area contributed by atoms with E-state index in [4.69, 9.17) is 0 Å². The molecule has 1 aromatic heterocycles. The summed E-state index contributed by atoms with van der Waals surface area (Å²) in [7, 11) is 0. The second kappa shape index (κ2) is 7.86. The van der Waals surface area contributed by atoms with Crippen LogP contribution in [0.2, 0.25) is 0 Å². The summed E-state index contributed by atoms with van der Waals surface area (Å²) < 4.78 is 12.9. The topological polar surface area (TPSA) is 66.9 Å². The molecule has 0 aliphatic heterocycles. The Bertz CT molecular complexity index is 664. The minimum atomic E-state index is -0.294. The van der Waals surface area contributed by atoms with Crippen molar-refractivity contribution in [2.45, 2.75) is 44.6 Å². The van der Waals surface area contributed by atoms with Crippen molar-refractivity contribution in [1.29, 1.82) is 0 Å². The summed E-state index contributed by atoms with van der Waals surface area (Å²) in [6.45, 7) is 0. The molecule has 5 nitrogen and oxygen atoms in total. The van der Waals surface area contributed by atoms with Crippen molar-refractivity contribution < 1.29 is 9.18 Å². The number of benzene rings is 1. The second-order valence-corrected chi connectivity index (χ2v) is 6.10. The van der Waals surface area contributed by atoms with Gasteiger partial charge < -0.3 is 10.6 Å². The number of carbonyl (C=O) groups excluding carboxylic acids is 1. The lowest BCUT2D eigenvalue weighted by molar-refractivity contribution is 0.0927. The van der Waals surface area contributed by atoms with Gasteiger partial charge in [0.05, 0.1) is 0 Å². The van der Waals surface area contributed by atoms with E-state index in [0.717, 1.165) is 25.7 Å². The lowest BCUT2D eigenvalue weighted by atomic mass is 10.1. The molecular formula is C18H21FN4O. The number of carbonyl (C=O) groups is 1. The summed E-state index contributed by atoms with van der Waals surface area (Å²) in [4.78, 5) is 12.3. The van der Waals surface area contributed by atoms with Crippen molar-refractivity contribution >= 4 is 17.4 Å². The van der Waals surface area contributed by atoms with Crippen molar-refractivity contribution in [3.05, 3.63) is 47.9 Å². The minimum absolute atomic E-state index is 0.178. The van der Waals surface area contributed by atoms with Gasteiger partial charge in [0.25, 0.3) is 5.91 Å². The van der Waals surface area contributed by atoms with Crippen molar-refractivity contribution in [2.75, 3.05) is 5.32 Å². The Labute approximate surface area is 140 Å². The van der Waals surface area contributed by atoms with E-state index in [1.165, 1.54) is 25.0 Å². The van der Waals surface area contributed by atoms with Crippen LogP contribution in [0.4, 0.5) is 15.9 Å². The largest absolute Gasteiger partial charge is 0.348 e. The van der Waals surface area contributed by atoms with Gasteiger partial charge in [0.1, 0.15) is 5.82 Å². The molecule has 6 heteroatoms. The summed E-state index contributed by atoms with van der Waals surface area (Å²) in [5, 5.41) is 14.1. The van der Waals surface area contributed by atoms with Crippen LogP contribution >= 0.6 is 0 Å². The number of anilines is 2. The zero-order chi connectivity index (χ0) is 16.8. The van der Waals surface area contributed by atoms with Crippen LogP contribution in [0.5, 0.6) is 0 Å². The van der Waals surface area contributed by atoms with E-state index < -0.39 is 0 Å². The molecule has 1 aliphatic rings. The molecule has 0 saturated heterocycles. The van der Waals surface area contributed by atoms with Crippen LogP contribution < -0.4 is 10.6 Å². The van der Waals surface area contributed by atoms with Crippen LogP contribution in [0.15, 0.2) is 36.4 Å². The number of halogens is 1. The van der Waals surface area contributed by atoms with Gasteiger partial charge in [-0.2, -0.15) is 0 Å². The molecule has 1 saturated carbocycles. The third kappa shape index (κ3) is 4.50. The van der Waals surface area contributed by atoms with Crippen LogP contribution in [0.3, 0.4) is 0 Å². The van der Waals surface area contributed by atoms with Gasteiger partial charge in [-0.1, -0.05) is 25.7 Å². The van der Waals surface area contributed by atoms with Crippen molar-refractivity contribution in [3.8, 4) is 0 Å². The van der Waals surface area contributed by atoms with Crippen LogP contribution in [0, 0.1) is 5.82 Å². The first-order chi connectivity index (χ1) is 11.7. The Balaban J connectivity index is 1.58. The summed E-state index contributed by atoms with van der Waals surface area (Å²) in [5.74, 6) is 0.0347. The van der Waals surface area contributed by atoms with E-state index in [1.54, 1.807) is 24.3 Å².